The van der Waals surface area contributed by atoms with Crippen LogP contribution in [0, 0.1) is 11.8 Å². The summed E-state index contributed by atoms with van der Waals surface area (Å²) >= 11 is 0. The Balaban J connectivity index is 1.63. The molecule has 0 unspecified atom stereocenters. The molecule has 0 saturated heterocycles. The molecule has 168 valence electrons. The molecule has 1 N–H and O–H groups in total. The quantitative estimate of drug-likeness (QED) is 0.671. The van der Waals surface area contributed by atoms with Crippen molar-refractivity contribution in [1.82, 2.24) is 9.97 Å². The average molecular weight is 434 g/mol. The van der Waals surface area contributed by atoms with E-state index in [1.165, 1.54) is 31.7 Å². The minimum atomic E-state index is -0.228. The van der Waals surface area contributed by atoms with E-state index in [-0.39, 0.29) is 17.4 Å². The van der Waals surface area contributed by atoms with Crippen LogP contribution in [0.25, 0.3) is 0 Å². The lowest BCUT2D eigenvalue weighted by Crippen LogP contribution is -2.27. The lowest BCUT2D eigenvalue weighted by Gasteiger charge is -2.33. The van der Waals surface area contributed by atoms with Crippen LogP contribution in [0.1, 0.15) is 75.8 Å². The highest BCUT2D eigenvalue weighted by atomic mass is 16.5. The Morgan fingerprint density at radius 1 is 1.06 bits per heavy atom. The van der Waals surface area contributed by atoms with Crippen molar-refractivity contribution in [3.8, 4) is 23.3 Å². The second-order valence-electron chi connectivity index (χ2n) is 8.76. The fourth-order valence-corrected chi connectivity index (χ4v) is 4.70. The Morgan fingerprint density at radius 3 is 2.44 bits per heavy atom. The normalized spacial score (nSPS) is 17.8. The Labute approximate surface area is 190 Å². The summed E-state index contributed by atoms with van der Waals surface area (Å²) in [5, 5.41) is 2.58. The summed E-state index contributed by atoms with van der Waals surface area (Å²) in [5.74, 6) is 8.57. The lowest BCUT2D eigenvalue weighted by molar-refractivity contribution is -0.114. The molecular weight excluding hydrogens is 402 g/mol. The Bertz CT molecular complexity index is 995. The van der Waals surface area contributed by atoms with Gasteiger partial charge in [-0.3, -0.25) is 10.1 Å². The number of methoxy groups -OCH3 is 1. The van der Waals surface area contributed by atoms with Gasteiger partial charge in [0.2, 0.25) is 11.9 Å². The molecule has 32 heavy (non-hydrogen) atoms. The number of anilines is 1. The molecule has 4 rings (SSSR count). The van der Waals surface area contributed by atoms with Gasteiger partial charge >= 0.3 is 0 Å². The van der Waals surface area contributed by atoms with E-state index in [9.17, 15) is 4.79 Å². The molecule has 2 aliphatic carbocycles. The highest BCUT2D eigenvalue weighted by Crippen LogP contribution is 2.42. The number of benzene rings is 1. The second kappa shape index (κ2) is 10.0. The molecule has 1 amide bonds. The van der Waals surface area contributed by atoms with E-state index in [0.717, 1.165) is 55.6 Å². The molecule has 1 heterocycles. The number of carbonyl (C=O) groups is 1. The van der Waals surface area contributed by atoms with Gasteiger partial charge in [-0.2, -0.15) is 0 Å². The van der Waals surface area contributed by atoms with Gasteiger partial charge in [0.15, 0.2) is 11.5 Å². The third-order valence-corrected chi connectivity index (χ3v) is 6.40. The summed E-state index contributed by atoms with van der Waals surface area (Å²) < 4.78 is 11.9. The van der Waals surface area contributed by atoms with Crippen molar-refractivity contribution in [2.24, 2.45) is 0 Å². The van der Waals surface area contributed by atoms with Gasteiger partial charge in [0.05, 0.1) is 24.2 Å². The largest absolute Gasteiger partial charge is 0.493 e. The van der Waals surface area contributed by atoms with Gasteiger partial charge in [0.25, 0.3) is 0 Å². The molecular formula is C26H31N3O3. The topological polar surface area (TPSA) is 73.3 Å². The van der Waals surface area contributed by atoms with Gasteiger partial charge in [-0.1, -0.05) is 37.2 Å². The van der Waals surface area contributed by atoms with Crippen LogP contribution in [0.4, 0.5) is 5.95 Å². The van der Waals surface area contributed by atoms with Gasteiger partial charge in [0.1, 0.15) is 0 Å². The standard InChI is InChI=1S/C26H31N3O3/c1-19(30)29-25-27-17-20(18-28-25)12-15-26(13-6-3-7-14-26)21-10-11-23(31-2)24(16-21)32-22-8-4-5-9-22/h10-11,16-18,22H,3-9,13-14H2,1-2H3,(H,27,28,29,30). The van der Waals surface area contributed by atoms with Crippen molar-refractivity contribution in [3.63, 3.8) is 0 Å². The van der Waals surface area contributed by atoms with Gasteiger partial charge < -0.3 is 9.47 Å². The minimum absolute atomic E-state index is 0.194. The average Bonchev–Trinajstić information content (AvgIpc) is 3.32. The first kappa shape index (κ1) is 22.1. The van der Waals surface area contributed by atoms with Gasteiger partial charge in [-0.05, 0) is 56.2 Å². The summed E-state index contributed by atoms with van der Waals surface area (Å²) in [4.78, 5) is 19.6. The zero-order valence-electron chi connectivity index (χ0n) is 18.9. The minimum Gasteiger partial charge on any atom is -0.493 e. The number of hydrogen-bond donors (Lipinski definition) is 1. The molecule has 1 aromatic heterocycles. The van der Waals surface area contributed by atoms with Crippen LogP contribution in [0.2, 0.25) is 0 Å². The van der Waals surface area contributed by atoms with E-state index in [2.05, 4.69) is 39.3 Å². The number of aromatic nitrogens is 2. The number of carbonyl (C=O) groups excluding carboxylic acids is 1. The van der Waals surface area contributed by atoms with Crippen LogP contribution in [0.15, 0.2) is 30.6 Å². The zero-order chi connectivity index (χ0) is 22.4. The first-order valence-electron chi connectivity index (χ1n) is 11.6. The molecule has 0 spiro atoms. The predicted octanol–water partition coefficient (Wildman–Crippen LogP) is 5.02. The first-order chi connectivity index (χ1) is 15.6. The number of nitrogens with zero attached hydrogens (tertiary/aromatic N) is 2. The molecule has 6 heteroatoms. The molecule has 0 aliphatic heterocycles. The van der Waals surface area contributed by atoms with Crippen LogP contribution < -0.4 is 14.8 Å². The first-order valence-corrected chi connectivity index (χ1v) is 11.6. The number of hydrogen-bond acceptors (Lipinski definition) is 5. The molecule has 0 bridgehead atoms. The van der Waals surface area contributed by atoms with E-state index in [1.54, 1.807) is 19.5 Å². The van der Waals surface area contributed by atoms with E-state index in [0.29, 0.717) is 5.95 Å². The molecule has 0 radical (unpaired) electrons. The SMILES string of the molecule is COc1ccc(C2(C#Cc3cnc(NC(C)=O)nc3)CCCCC2)cc1OC1CCCC1. The third-order valence-electron chi connectivity index (χ3n) is 6.40. The highest BCUT2D eigenvalue weighted by Gasteiger charge is 2.33. The lowest BCUT2D eigenvalue weighted by atomic mass is 9.70. The predicted molar refractivity (Wildman–Crippen MR) is 124 cm³/mol. The van der Waals surface area contributed by atoms with Gasteiger partial charge in [-0.25, -0.2) is 9.97 Å². The van der Waals surface area contributed by atoms with Crippen LogP contribution in [-0.4, -0.2) is 29.1 Å². The number of nitrogens with one attached hydrogen (secondary N) is 1. The van der Waals surface area contributed by atoms with Crippen molar-refractivity contribution in [2.75, 3.05) is 12.4 Å². The number of ether oxygens (including phenoxy) is 2. The zero-order valence-corrected chi connectivity index (χ0v) is 18.9. The van der Waals surface area contributed by atoms with Crippen molar-refractivity contribution < 1.29 is 14.3 Å². The van der Waals surface area contributed by atoms with Crippen LogP contribution in [0.3, 0.4) is 0 Å². The molecule has 2 saturated carbocycles. The van der Waals surface area contributed by atoms with Crippen molar-refractivity contribution >= 4 is 11.9 Å². The molecule has 0 atom stereocenters. The summed E-state index contributed by atoms with van der Waals surface area (Å²) in [6.45, 7) is 1.43. The van der Waals surface area contributed by atoms with E-state index < -0.39 is 0 Å². The summed E-state index contributed by atoms with van der Waals surface area (Å²) in [6, 6.07) is 6.30. The van der Waals surface area contributed by atoms with Crippen molar-refractivity contribution in [3.05, 3.63) is 41.7 Å². The summed E-state index contributed by atoms with van der Waals surface area (Å²) in [5.41, 5.74) is 1.70. The highest BCUT2D eigenvalue weighted by molar-refractivity contribution is 5.86. The van der Waals surface area contributed by atoms with Gasteiger partial charge in [0, 0.05) is 19.3 Å². The summed E-state index contributed by atoms with van der Waals surface area (Å²) in [7, 11) is 1.69. The van der Waals surface area contributed by atoms with Crippen LogP contribution in [0.5, 0.6) is 11.5 Å². The molecule has 2 aromatic rings. The maximum absolute atomic E-state index is 11.2. The Morgan fingerprint density at radius 2 is 1.78 bits per heavy atom. The van der Waals surface area contributed by atoms with Gasteiger partial charge in [-0.15, -0.1) is 0 Å². The fourth-order valence-electron chi connectivity index (χ4n) is 4.70. The van der Waals surface area contributed by atoms with E-state index in [1.807, 2.05) is 6.07 Å². The second-order valence-corrected chi connectivity index (χ2v) is 8.76. The number of amides is 1. The monoisotopic (exact) mass is 433 g/mol. The summed E-state index contributed by atoms with van der Waals surface area (Å²) in [6.07, 6.45) is 13.8. The Hall–Kier alpha value is -3.07. The molecule has 2 fully saturated rings. The fraction of sp³-hybridized carbons (Fsp3) is 0.500. The molecule has 2 aliphatic rings. The smallest absolute Gasteiger partial charge is 0.229 e. The van der Waals surface area contributed by atoms with Crippen molar-refractivity contribution in [2.45, 2.75) is 76.2 Å². The molecule has 6 nitrogen and oxygen atoms in total. The maximum atomic E-state index is 11.2. The van der Waals surface area contributed by atoms with E-state index >= 15 is 0 Å². The van der Waals surface area contributed by atoms with E-state index in [4.69, 9.17) is 9.47 Å². The third kappa shape index (κ3) is 5.21. The molecule has 1 aromatic carbocycles. The Kier molecular flexibility index (Phi) is 6.94. The number of rotatable bonds is 5. The maximum Gasteiger partial charge on any atom is 0.229 e. The van der Waals surface area contributed by atoms with Crippen LogP contribution >= 0.6 is 0 Å². The van der Waals surface area contributed by atoms with Crippen LogP contribution in [-0.2, 0) is 10.2 Å². The van der Waals surface area contributed by atoms with Crippen molar-refractivity contribution in [1.29, 1.82) is 0 Å².